The van der Waals surface area contributed by atoms with E-state index in [0.717, 1.165) is 18.6 Å². The fourth-order valence-electron chi connectivity index (χ4n) is 1.50. The highest BCUT2D eigenvalue weighted by atomic mass is 16.5. The Labute approximate surface area is 91.9 Å². The standard InChI is InChI=1S/C13H20O2/c1-2-3-5-10-13(11-14)15-12-8-6-4-7-9-12/h4,6-9,13-14H,2-3,5,10-11H2,1H3. The number of rotatable bonds is 7. The van der Waals surface area contributed by atoms with Gasteiger partial charge in [-0.1, -0.05) is 38.0 Å². The highest BCUT2D eigenvalue weighted by Gasteiger charge is 2.07. The second kappa shape index (κ2) is 7.30. The van der Waals surface area contributed by atoms with E-state index in [1.807, 2.05) is 30.3 Å². The van der Waals surface area contributed by atoms with Gasteiger partial charge in [-0.3, -0.25) is 0 Å². The zero-order chi connectivity index (χ0) is 10.9. The molecule has 0 spiro atoms. The van der Waals surface area contributed by atoms with Crippen LogP contribution in [0, 0.1) is 0 Å². The van der Waals surface area contributed by atoms with Crippen LogP contribution in [-0.2, 0) is 0 Å². The Hall–Kier alpha value is -1.02. The number of aliphatic hydroxyl groups excluding tert-OH is 1. The Bertz CT molecular complexity index is 246. The van der Waals surface area contributed by atoms with E-state index in [-0.39, 0.29) is 12.7 Å². The lowest BCUT2D eigenvalue weighted by Crippen LogP contribution is -2.20. The normalized spacial score (nSPS) is 12.4. The van der Waals surface area contributed by atoms with Crippen LogP contribution in [0.25, 0.3) is 0 Å². The summed E-state index contributed by atoms with van der Waals surface area (Å²) < 4.78 is 5.66. The number of ether oxygens (including phenoxy) is 1. The SMILES string of the molecule is CCCCCC(CO)Oc1ccccc1. The lowest BCUT2D eigenvalue weighted by molar-refractivity contribution is 0.106. The maximum absolute atomic E-state index is 9.16. The van der Waals surface area contributed by atoms with Crippen molar-refractivity contribution >= 4 is 0 Å². The molecule has 1 aromatic carbocycles. The van der Waals surface area contributed by atoms with E-state index in [0.29, 0.717) is 0 Å². The van der Waals surface area contributed by atoms with Crippen molar-refractivity contribution in [2.45, 2.75) is 38.7 Å². The van der Waals surface area contributed by atoms with Gasteiger partial charge in [0.15, 0.2) is 0 Å². The van der Waals surface area contributed by atoms with Gasteiger partial charge in [0.25, 0.3) is 0 Å². The van der Waals surface area contributed by atoms with Gasteiger partial charge < -0.3 is 9.84 Å². The zero-order valence-corrected chi connectivity index (χ0v) is 9.36. The Morgan fingerprint density at radius 3 is 2.53 bits per heavy atom. The van der Waals surface area contributed by atoms with Crippen LogP contribution in [0.15, 0.2) is 30.3 Å². The van der Waals surface area contributed by atoms with E-state index in [9.17, 15) is 0 Å². The predicted octanol–water partition coefficient (Wildman–Crippen LogP) is 3.01. The molecule has 1 atom stereocenters. The molecule has 84 valence electrons. The minimum absolute atomic E-state index is 0.0565. The van der Waals surface area contributed by atoms with Crippen LogP contribution in [0.5, 0.6) is 5.75 Å². The molecule has 1 N–H and O–H groups in total. The summed E-state index contributed by atoms with van der Waals surface area (Å²) in [6.07, 6.45) is 4.39. The van der Waals surface area contributed by atoms with Gasteiger partial charge in [-0.05, 0) is 25.0 Å². The molecule has 2 heteroatoms. The van der Waals surface area contributed by atoms with E-state index < -0.39 is 0 Å². The zero-order valence-electron chi connectivity index (χ0n) is 9.36. The molecule has 0 amide bonds. The Balaban J connectivity index is 2.33. The van der Waals surface area contributed by atoms with Gasteiger partial charge in [0.05, 0.1) is 6.61 Å². The van der Waals surface area contributed by atoms with Crippen LogP contribution in [-0.4, -0.2) is 17.8 Å². The smallest absolute Gasteiger partial charge is 0.122 e. The maximum atomic E-state index is 9.16. The summed E-state index contributed by atoms with van der Waals surface area (Å²) in [5.74, 6) is 0.841. The summed E-state index contributed by atoms with van der Waals surface area (Å²) in [7, 11) is 0. The lowest BCUT2D eigenvalue weighted by Gasteiger charge is -2.16. The first-order valence-electron chi connectivity index (χ1n) is 5.69. The van der Waals surface area contributed by atoms with Gasteiger partial charge in [0.1, 0.15) is 11.9 Å². The molecule has 0 saturated carbocycles. The van der Waals surface area contributed by atoms with Crippen LogP contribution in [0.2, 0.25) is 0 Å². The molecule has 2 nitrogen and oxygen atoms in total. The third kappa shape index (κ3) is 4.84. The molecule has 0 aliphatic heterocycles. The molecule has 0 radical (unpaired) electrons. The molecule has 0 saturated heterocycles. The van der Waals surface area contributed by atoms with Crippen LogP contribution in [0.4, 0.5) is 0 Å². The first kappa shape index (κ1) is 12.1. The average molecular weight is 208 g/mol. The Kier molecular flexibility index (Phi) is 5.86. The van der Waals surface area contributed by atoms with E-state index in [2.05, 4.69) is 6.92 Å². The third-order valence-electron chi connectivity index (χ3n) is 2.38. The first-order chi connectivity index (χ1) is 7.36. The van der Waals surface area contributed by atoms with Gasteiger partial charge in [-0.25, -0.2) is 0 Å². The fourth-order valence-corrected chi connectivity index (χ4v) is 1.50. The van der Waals surface area contributed by atoms with Crippen molar-refractivity contribution in [3.8, 4) is 5.75 Å². The molecule has 0 aromatic heterocycles. The summed E-state index contributed by atoms with van der Waals surface area (Å²) in [6.45, 7) is 2.27. The molecule has 1 rings (SSSR count). The van der Waals surface area contributed by atoms with E-state index in [1.165, 1.54) is 12.8 Å². The van der Waals surface area contributed by atoms with Gasteiger partial charge >= 0.3 is 0 Å². The van der Waals surface area contributed by atoms with Crippen molar-refractivity contribution in [3.63, 3.8) is 0 Å². The van der Waals surface area contributed by atoms with E-state index >= 15 is 0 Å². The second-order valence-corrected chi connectivity index (χ2v) is 3.73. The van der Waals surface area contributed by atoms with Crippen LogP contribution in [0.3, 0.4) is 0 Å². The molecule has 0 aliphatic carbocycles. The number of hydrogen-bond acceptors (Lipinski definition) is 2. The topological polar surface area (TPSA) is 29.5 Å². The quantitative estimate of drug-likeness (QED) is 0.698. The number of para-hydroxylation sites is 1. The van der Waals surface area contributed by atoms with Crippen molar-refractivity contribution in [1.82, 2.24) is 0 Å². The molecule has 0 bridgehead atoms. The largest absolute Gasteiger partial charge is 0.488 e. The first-order valence-corrected chi connectivity index (χ1v) is 5.69. The number of benzene rings is 1. The van der Waals surface area contributed by atoms with Crippen molar-refractivity contribution in [2.24, 2.45) is 0 Å². The van der Waals surface area contributed by atoms with Gasteiger partial charge in [0, 0.05) is 0 Å². The fraction of sp³-hybridized carbons (Fsp3) is 0.538. The monoisotopic (exact) mass is 208 g/mol. The molecular formula is C13H20O2. The van der Waals surface area contributed by atoms with Crippen molar-refractivity contribution < 1.29 is 9.84 Å². The van der Waals surface area contributed by atoms with Crippen molar-refractivity contribution in [1.29, 1.82) is 0 Å². The minimum atomic E-state index is -0.0565. The van der Waals surface area contributed by atoms with Crippen LogP contribution in [0.1, 0.15) is 32.6 Å². The van der Waals surface area contributed by atoms with Crippen molar-refractivity contribution in [3.05, 3.63) is 30.3 Å². The minimum Gasteiger partial charge on any atom is -0.488 e. The van der Waals surface area contributed by atoms with E-state index in [1.54, 1.807) is 0 Å². The molecule has 1 unspecified atom stereocenters. The Morgan fingerprint density at radius 1 is 1.20 bits per heavy atom. The highest BCUT2D eigenvalue weighted by Crippen LogP contribution is 2.14. The second-order valence-electron chi connectivity index (χ2n) is 3.73. The molecular weight excluding hydrogens is 188 g/mol. The van der Waals surface area contributed by atoms with Gasteiger partial charge in [0.2, 0.25) is 0 Å². The summed E-state index contributed by atoms with van der Waals surface area (Å²) in [5.41, 5.74) is 0. The average Bonchev–Trinajstić information content (AvgIpc) is 2.29. The summed E-state index contributed by atoms with van der Waals surface area (Å²) >= 11 is 0. The third-order valence-corrected chi connectivity index (χ3v) is 2.38. The summed E-state index contributed by atoms with van der Waals surface area (Å²) in [4.78, 5) is 0. The molecule has 15 heavy (non-hydrogen) atoms. The predicted molar refractivity (Wildman–Crippen MR) is 62.1 cm³/mol. The summed E-state index contributed by atoms with van der Waals surface area (Å²) in [6, 6.07) is 9.68. The summed E-state index contributed by atoms with van der Waals surface area (Å²) in [5, 5.41) is 9.16. The highest BCUT2D eigenvalue weighted by molar-refractivity contribution is 5.21. The maximum Gasteiger partial charge on any atom is 0.122 e. The van der Waals surface area contributed by atoms with Gasteiger partial charge in [-0.2, -0.15) is 0 Å². The van der Waals surface area contributed by atoms with E-state index in [4.69, 9.17) is 9.84 Å². The van der Waals surface area contributed by atoms with Crippen LogP contribution >= 0.6 is 0 Å². The van der Waals surface area contributed by atoms with Gasteiger partial charge in [-0.15, -0.1) is 0 Å². The molecule has 1 aromatic rings. The molecule has 0 fully saturated rings. The van der Waals surface area contributed by atoms with Crippen molar-refractivity contribution in [2.75, 3.05) is 6.61 Å². The molecule has 0 heterocycles. The number of aliphatic hydroxyl groups is 1. The Morgan fingerprint density at radius 2 is 1.93 bits per heavy atom. The lowest BCUT2D eigenvalue weighted by atomic mass is 10.1. The number of hydrogen-bond donors (Lipinski definition) is 1. The van der Waals surface area contributed by atoms with Crippen LogP contribution < -0.4 is 4.74 Å². The number of unbranched alkanes of at least 4 members (excludes halogenated alkanes) is 2. The molecule has 0 aliphatic rings.